The predicted molar refractivity (Wildman–Crippen MR) is 89.0 cm³/mol. The van der Waals surface area contributed by atoms with Crippen molar-refractivity contribution in [2.75, 3.05) is 19.8 Å². The lowest BCUT2D eigenvalue weighted by atomic mass is 10.1. The van der Waals surface area contributed by atoms with Gasteiger partial charge in [0.25, 0.3) is 0 Å². The van der Waals surface area contributed by atoms with Crippen molar-refractivity contribution in [2.45, 2.75) is 27.7 Å². The van der Waals surface area contributed by atoms with E-state index < -0.39 is 8.80 Å². The van der Waals surface area contributed by atoms with Crippen molar-refractivity contribution in [1.29, 1.82) is 0 Å². The summed E-state index contributed by atoms with van der Waals surface area (Å²) >= 11 is 0. The van der Waals surface area contributed by atoms with Crippen molar-refractivity contribution >= 4 is 24.8 Å². The molecular formula is C17H24O3Si. The van der Waals surface area contributed by atoms with Crippen LogP contribution in [0, 0.1) is 6.92 Å². The van der Waals surface area contributed by atoms with Crippen LogP contribution in [0.4, 0.5) is 0 Å². The van der Waals surface area contributed by atoms with E-state index in [1.165, 1.54) is 16.3 Å². The Morgan fingerprint density at radius 3 is 1.95 bits per heavy atom. The van der Waals surface area contributed by atoms with Gasteiger partial charge < -0.3 is 13.3 Å². The third-order valence-corrected chi connectivity index (χ3v) is 6.74. The zero-order valence-electron chi connectivity index (χ0n) is 13.3. The highest BCUT2D eigenvalue weighted by atomic mass is 28.4. The normalized spacial score (nSPS) is 12.0. The van der Waals surface area contributed by atoms with Gasteiger partial charge in [-0.25, -0.2) is 0 Å². The molecule has 0 heterocycles. The molecule has 0 saturated carbocycles. The highest BCUT2D eigenvalue weighted by molar-refractivity contribution is 6.76. The number of rotatable bonds is 7. The highest BCUT2D eigenvalue weighted by Gasteiger charge is 2.44. The SMILES string of the molecule is CCO[Si](OCC)(OCC)c1ccc2ccccc2c1C. The van der Waals surface area contributed by atoms with Crippen molar-refractivity contribution in [3.05, 3.63) is 42.0 Å². The summed E-state index contributed by atoms with van der Waals surface area (Å²) in [7, 11) is -2.83. The van der Waals surface area contributed by atoms with Crippen molar-refractivity contribution in [3.8, 4) is 0 Å². The standard InChI is InChI=1S/C17H24O3Si/c1-5-18-21(19-6-2,20-7-3)17-13-12-15-10-8-9-11-16(15)14(17)4/h8-13H,5-7H2,1-4H3. The summed E-state index contributed by atoms with van der Waals surface area (Å²) in [6.45, 7) is 9.81. The van der Waals surface area contributed by atoms with E-state index in [1.54, 1.807) is 0 Å². The lowest BCUT2D eigenvalue weighted by molar-refractivity contribution is 0.0858. The molecule has 114 valence electrons. The van der Waals surface area contributed by atoms with Gasteiger partial charge in [-0.2, -0.15) is 0 Å². The molecule has 2 aromatic carbocycles. The quantitative estimate of drug-likeness (QED) is 0.734. The minimum atomic E-state index is -2.83. The van der Waals surface area contributed by atoms with E-state index in [-0.39, 0.29) is 0 Å². The molecule has 0 radical (unpaired) electrons. The summed E-state index contributed by atoms with van der Waals surface area (Å²) < 4.78 is 18.1. The zero-order chi connectivity index (χ0) is 15.3. The molecule has 21 heavy (non-hydrogen) atoms. The number of benzene rings is 2. The van der Waals surface area contributed by atoms with Gasteiger partial charge in [0.2, 0.25) is 0 Å². The molecule has 0 aliphatic heterocycles. The largest absolute Gasteiger partial charge is 0.537 e. The average molecular weight is 304 g/mol. The van der Waals surface area contributed by atoms with Crippen LogP contribution in [0.5, 0.6) is 0 Å². The third-order valence-electron chi connectivity index (χ3n) is 3.53. The van der Waals surface area contributed by atoms with Gasteiger partial charge in [-0.3, -0.25) is 0 Å². The Kier molecular flexibility index (Phi) is 5.53. The minimum absolute atomic E-state index is 0.582. The first kappa shape index (κ1) is 16.2. The molecule has 0 atom stereocenters. The van der Waals surface area contributed by atoms with Crippen LogP contribution in [-0.4, -0.2) is 28.6 Å². The van der Waals surface area contributed by atoms with Crippen LogP contribution in [0.3, 0.4) is 0 Å². The second-order valence-corrected chi connectivity index (χ2v) is 7.33. The summed E-state index contributed by atoms with van der Waals surface area (Å²) in [4.78, 5) is 0. The van der Waals surface area contributed by atoms with Gasteiger partial charge >= 0.3 is 8.80 Å². The van der Waals surface area contributed by atoms with E-state index in [0.29, 0.717) is 19.8 Å². The van der Waals surface area contributed by atoms with Crippen molar-refractivity contribution in [2.24, 2.45) is 0 Å². The fraction of sp³-hybridized carbons (Fsp3) is 0.412. The topological polar surface area (TPSA) is 27.7 Å². The maximum atomic E-state index is 6.02. The van der Waals surface area contributed by atoms with E-state index >= 15 is 0 Å². The maximum Gasteiger partial charge on any atom is 0.537 e. The third kappa shape index (κ3) is 3.19. The summed E-state index contributed by atoms with van der Waals surface area (Å²) in [5.74, 6) is 0. The molecule has 4 heteroatoms. The van der Waals surface area contributed by atoms with E-state index in [1.807, 2.05) is 20.8 Å². The average Bonchev–Trinajstić information content (AvgIpc) is 2.48. The first-order valence-electron chi connectivity index (χ1n) is 7.59. The molecule has 0 aromatic heterocycles. The Labute approximate surface area is 128 Å². The number of aryl methyl sites for hydroxylation is 1. The highest BCUT2D eigenvalue weighted by Crippen LogP contribution is 2.21. The molecular weight excluding hydrogens is 280 g/mol. The summed E-state index contributed by atoms with van der Waals surface area (Å²) in [6, 6.07) is 12.6. The molecule has 3 nitrogen and oxygen atoms in total. The molecule has 0 fully saturated rings. The molecule has 0 spiro atoms. The van der Waals surface area contributed by atoms with Crippen LogP contribution in [0.25, 0.3) is 10.8 Å². The first-order valence-corrected chi connectivity index (χ1v) is 9.31. The van der Waals surface area contributed by atoms with Gasteiger partial charge in [-0.1, -0.05) is 36.4 Å². The van der Waals surface area contributed by atoms with E-state index in [9.17, 15) is 0 Å². The Balaban J connectivity index is 2.60. The first-order chi connectivity index (χ1) is 10.2. The molecule has 2 rings (SSSR count). The van der Waals surface area contributed by atoms with Gasteiger partial charge in [0.05, 0.1) is 0 Å². The smallest absolute Gasteiger partial charge is 0.370 e. The van der Waals surface area contributed by atoms with Crippen molar-refractivity contribution < 1.29 is 13.3 Å². The lowest BCUT2D eigenvalue weighted by Crippen LogP contribution is -2.57. The summed E-state index contributed by atoms with van der Waals surface area (Å²) in [5, 5.41) is 3.53. The Hall–Kier alpha value is -1.20. The molecule has 0 saturated heterocycles. The van der Waals surface area contributed by atoms with Crippen LogP contribution in [0.1, 0.15) is 26.3 Å². The Morgan fingerprint density at radius 2 is 1.38 bits per heavy atom. The van der Waals surface area contributed by atoms with Gasteiger partial charge in [-0.05, 0) is 44.0 Å². The molecule has 0 aliphatic rings. The fourth-order valence-corrected chi connectivity index (χ4v) is 5.43. The molecule has 0 unspecified atom stereocenters. The monoisotopic (exact) mass is 304 g/mol. The van der Waals surface area contributed by atoms with Crippen LogP contribution in [0.15, 0.2) is 36.4 Å². The molecule has 0 bridgehead atoms. The summed E-state index contributed by atoms with van der Waals surface area (Å²) in [5.41, 5.74) is 1.19. The Bertz CT molecular complexity index is 581. The second kappa shape index (κ2) is 7.18. The van der Waals surface area contributed by atoms with Crippen LogP contribution >= 0.6 is 0 Å². The number of hydrogen-bond acceptors (Lipinski definition) is 3. The van der Waals surface area contributed by atoms with Crippen molar-refractivity contribution in [1.82, 2.24) is 0 Å². The van der Waals surface area contributed by atoms with Gasteiger partial charge in [0, 0.05) is 25.0 Å². The molecule has 0 amide bonds. The molecule has 2 aromatic rings. The van der Waals surface area contributed by atoms with Crippen LogP contribution in [0.2, 0.25) is 0 Å². The van der Waals surface area contributed by atoms with Crippen LogP contribution < -0.4 is 5.19 Å². The number of hydrogen-bond donors (Lipinski definition) is 0. The zero-order valence-corrected chi connectivity index (χ0v) is 14.3. The lowest BCUT2D eigenvalue weighted by Gasteiger charge is -2.30. The predicted octanol–water partition coefficient (Wildman–Crippen LogP) is 3.40. The van der Waals surface area contributed by atoms with E-state index in [4.69, 9.17) is 13.3 Å². The van der Waals surface area contributed by atoms with Gasteiger partial charge in [0.1, 0.15) is 0 Å². The minimum Gasteiger partial charge on any atom is -0.370 e. The Morgan fingerprint density at radius 1 is 0.810 bits per heavy atom. The maximum absolute atomic E-state index is 6.02. The summed E-state index contributed by atoms with van der Waals surface area (Å²) in [6.07, 6.45) is 0. The van der Waals surface area contributed by atoms with Crippen LogP contribution in [-0.2, 0) is 13.3 Å². The van der Waals surface area contributed by atoms with E-state index in [2.05, 4.69) is 43.3 Å². The van der Waals surface area contributed by atoms with E-state index in [0.717, 1.165) is 5.19 Å². The van der Waals surface area contributed by atoms with Gasteiger partial charge in [0.15, 0.2) is 0 Å². The molecule has 0 N–H and O–H groups in total. The second-order valence-electron chi connectivity index (χ2n) is 4.81. The fourth-order valence-electron chi connectivity index (χ4n) is 2.69. The van der Waals surface area contributed by atoms with Gasteiger partial charge in [-0.15, -0.1) is 0 Å². The van der Waals surface area contributed by atoms with Crippen molar-refractivity contribution in [3.63, 3.8) is 0 Å². The molecule has 0 aliphatic carbocycles. The number of fused-ring (bicyclic) bond motifs is 1.